The van der Waals surface area contributed by atoms with Crippen molar-refractivity contribution in [2.45, 2.75) is 133 Å². The number of benzene rings is 2. The number of ketones is 1. The van der Waals surface area contributed by atoms with E-state index in [1.807, 2.05) is 37.9 Å². The Kier molecular flexibility index (Phi) is 19.5. The lowest BCUT2D eigenvalue weighted by Crippen LogP contribution is -2.46. The summed E-state index contributed by atoms with van der Waals surface area (Å²) in [5, 5.41) is 23.9. The van der Waals surface area contributed by atoms with E-state index < -0.39 is 16.5 Å². The monoisotopic (exact) mass is 1020 g/mol. The number of aromatic nitrogens is 6. The molecule has 73 heavy (non-hydrogen) atoms. The summed E-state index contributed by atoms with van der Waals surface area (Å²) >= 11 is 1.89. The molecule has 0 radical (unpaired) electrons. The Hall–Kier alpha value is -7.09. The first-order valence-electron chi connectivity index (χ1n) is 25.4. The molecule has 0 aliphatic carbocycles. The zero-order chi connectivity index (χ0) is 51.6. The maximum atomic E-state index is 13.2. The quantitative estimate of drug-likeness (QED) is 0.0215. The van der Waals surface area contributed by atoms with E-state index in [1.54, 1.807) is 53.2 Å². The molecule has 5 heterocycles. The number of fused-ring (bicyclic) bond motifs is 1. The van der Waals surface area contributed by atoms with E-state index in [9.17, 15) is 33.6 Å². The van der Waals surface area contributed by atoms with Gasteiger partial charge in [-0.05, 0) is 68.7 Å². The second-order valence-corrected chi connectivity index (χ2v) is 20.6. The number of hydrogen-bond donors (Lipinski definition) is 7. The number of aryl methyl sites for hydroxylation is 1. The van der Waals surface area contributed by atoms with Gasteiger partial charge in [0.2, 0.25) is 17.7 Å². The van der Waals surface area contributed by atoms with E-state index in [1.165, 1.54) is 18.5 Å². The van der Waals surface area contributed by atoms with Crippen LogP contribution in [0.1, 0.15) is 136 Å². The molecule has 0 saturated carbocycles. The predicted octanol–water partition coefficient (Wildman–Crippen LogP) is 3.64. The molecule has 5 amide bonds. The molecular formula is C53H67N11O8S. The standard InChI is InChI=1S/C53H67N11O8S/c1-53(2,49-39(57-34-72-49)30-41-51(70)58-40(50(69)59-41)29-35-16-14-19-37(28-35)48(68)36-17-6-3-7-18-36)31-38-32-64(63-62-38)27-15-26-56-45(66)22-9-5-12-24-54-44(65)21-8-4-13-25-55-46(67)23-11-10-20-43-47-42(33-73-43)60-52(71)61-47/h3,6-7,14,16-19,28-30,32,34,42-43,47H,4-5,8-13,15,20-27,31,33H2,1-2H3,(H,54,65)(H,55,67)(H,56,66)(H,58,70)(H,59,69)(H2,60,61,71)/b40-29+,41-30-/t42-,43-,47-/m0/s1. The van der Waals surface area contributed by atoms with E-state index in [-0.39, 0.29) is 52.3 Å². The van der Waals surface area contributed by atoms with Crippen LogP contribution in [0.3, 0.4) is 0 Å². The molecule has 3 aromatic heterocycles. The molecule has 2 saturated heterocycles. The number of nitrogens with zero attached hydrogens (tertiary/aromatic N) is 4. The molecule has 19 nitrogen and oxygen atoms in total. The van der Waals surface area contributed by atoms with Gasteiger partial charge < -0.3 is 41.0 Å². The van der Waals surface area contributed by atoms with Crippen molar-refractivity contribution in [3.05, 3.63) is 132 Å². The summed E-state index contributed by atoms with van der Waals surface area (Å²) in [5.41, 5.74) is 0.947. The number of H-pyrrole nitrogens is 2. The lowest BCUT2D eigenvalue weighted by Gasteiger charge is -2.21. The second kappa shape index (κ2) is 26.6. The summed E-state index contributed by atoms with van der Waals surface area (Å²) in [6.07, 6.45) is 16.2. The first-order valence-corrected chi connectivity index (χ1v) is 26.4. The number of carbonyl (C=O) groups excluding carboxylic acids is 5. The topological polar surface area (TPSA) is 268 Å². The molecule has 2 aliphatic heterocycles. The SMILES string of the molecule is CC(C)(Cc1cn(CCCNC(=O)CCCCCNC(=O)CCCCCNC(=O)CCCC[C@@H]2SC[C@@H]3NC(=O)N[C@@H]32)nn1)c1ocnc1/C=c1\[nH]c(=O)/c(=C\c2cccc(C(=O)c3ccccc3)c2)[nH]c1=O. The first kappa shape index (κ1) is 53.7. The molecule has 0 spiro atoms. The zero-order valence-electron chi connectivity index (χ0n) is 41.6. The minimum Gasteiger partial charge on any atom is -0.447 e. The lowest BCUT2D eigenvalue weighted by atomic mass is 9.84. The van der Waals surface area contributed by atoms with E-state index in [4.69, 9.17) is 4.42 Å². The molecule has 2 fully saturated rings. The third-order valence-corrected chi connectivity index (χ3v) is 14.5. The van der Waals surface area contributed by atoms with Gasteiger partial charge in [-0.15, -0.1) is 5.10 Å². The van der Waals surface area contributed by atoms with Crippen molar-refractivity contribution in [2.24, 2.45) is 0 Å². The molecule has 2 aliphatic rings. The molecule has 2 aromatic carbocycles. The van der Waals surface area contributed by atoms with Crippen LogP contribution in [0.2, 0.25) is 0 Å². The fraction of sp³-hybridized carbons (Fsp3) is 0.472. The molecule has 20 heteroatoms. The Morgan fingerprint density at radius 2 is 1.38 bits per heavy atom. The van der Waals surface area contributed by atoms with Gasteiger partial charge in [0, 0.05) is 85.6 Å². The Morgan fingerprint density at radius 1 is 0.753 bits per heavy atom. The zero-order valence-corrected chi connectivity index (χ0v) is 42.5. The number of aromatic amines is 2. The molecular weight excluding hydrogens is 951 g/mol. The van der Waals surface area contributed by atoms with Crippen molar-refractivity contribution in [3.63, 3.8) is 0 Å². The third-order valence-electron chi connectivity index (χ3n) is 13.0. The molecule has 7 N–H and O–H groups in total. The van der Waals surface area contributed by atoms with E-state index in [0.29, 0.717) is 97.4 Å². The number of amides is 5. The smallest absolute Gasteiger partial charge is 0.315 e. The average Bonchev–Trinajstić information content (AvgIpc) is 4.19. The van der Waals surface area contributed by atoms with E-state index in [2.05, 4.69) is 51.8 Å². The van der Waals surface area contributed by atoms with Gasteiger partial charge >= 0.3 is 6.03 Å². The third kappa shape index (κ3) is 16.2. The van der Waals surface area contributed by atoms with Crippen molar-refractivity contribution >= 4 is 53.4 Å². The van der Waals surface area contributed by atoms with Gasteiger partial charge in [0.1, 0.15) is 22.2 Å². The normalized spacial score (nSPS) is 16.7. The minimum atomic E-state index is -0.633. The number of rotatable bonds is 28. The van der Waals surface area contributed by atoms with Crippen LogP contribution in [0.5, 0.6) is 0 Å². The van der Waals surface area contributed by atoms with Crippen LogP contribution in [-0.4, -0.2) is 102 Å². The van der Waals surface area contributed by atoms with Crippen molar-refractivity contribution in [1.29, 1.82) is 0 Å². The van der Waals surface area contributed by atoms with Crippen LogP contribution < -0.4 is 48.4 Å². The Labute approximate surface area is 427 Å². The first-order chi connectivity index (χ1) is 35.3. The van der Waals surface area contributed by atoms with Gasteiger partial charge in [-0.2, -0.15) is 11.8 Å². The molecule has 0 unspecified atom stereocenters. The van der Waals surface area contributed by atoms with Crippen LogP contribution in [-0.2, 0) is 32.8 Å². The van der Waals surface area contributed by atoms with Crippen LogP contribution in [0.25, 0.3) is 12.2 Å². The molecule has 3 atom stereocenters. The van der Waals surface area contributed by atoms with Crippen LogP contribution >= 0.6 is 11.8 Å². The van der Waals surface area contributed by atoms with Crippen molar-refractivity contribution in [3.8, 4) is 0 Å². The van der Waals surface area contributed by atoms with E-state index >= 15 is 0 Å². The highest BCUT2D eigenvalue weighted by Crippen LogP contribution is 2.33. The van der Waals surface area contributed by atoms with Crippen molar-refractivity contribution < 1.29 is 28.4 Å². The van der Waals surface area contributed by atoms with Gasteiger partial charge in [-0.3, -0.25) is 33.4 Å². The molecule has 7 rings (SSSR count). The largest absolute Gasteiger partial charge is 0.447 e. The van der Waals surface area contributed by atoms with Gasteiger partial charge in [-0.25, -0.2) is 9.78 Å². The van der Waals surface area contributed by atoms with Crippen molar-refractivity contribution in [1.82, 2.24) is 56.5 Å². The number of nitrogens with one attached hydrogen (secondary N) is 7. The lowest BCUT2D eigenvalue weighted by molar-refractivity contribution is -0.122. The molecule has 388 valence electrons. The average molecular weight is 1020 g/mol. The number of thioether (sulfide) groups is 1. The number of carbonyl (C=O) groups is 5. The van der Waals surface area contributed by atoms with Crippen LogP contribution in [0.4, 0.5) is 4.79 Å². The Bertz CT molecular complexity index is 2930. The van der Waals surface area contributed by atoms with Crippen LogP contribution in [0.15, 0.2) is 81.2 Å². The summed E-state index contributed by atoms with van der Waals surface area (Å²) in [5.74, 6) is 1.35. The summed E-state index contributed by atoms with van der Waals surface area (Å²) in [4.78, 5) is 97.5. The second-order valence-electron chi connectivity index (χ2n) is 19.3. The summed E-state index contributed by atoms with van der Waals surface area (Å²) in [6.45, 7) is 6.15. The fourth-order valence-electron chi connectivity index (χ4n) is 9.09. The van der Waals surface area contributed by atoms with Crippen LogP contribution in [0, 0.1) is 0 Å². The van der Waals surface area contributed by atoms with Crippen molar-refractivity contribution in [2.75, 3.05) is 25.4 Å². The minimum absolute atomic E-state index is 0.00332. The summed E-state index contributed by atoms with van der Waals surface area (Å²) in [6, 6.07) is 16.1. The highest BCUT2D eigenvalue weighted by molar-refractivity contribution is 8.00. The number of unbranched alkanes of at least 4 members (excludes halogenated alkanes) is 5. The number of hydrogen-bond acceptors (Lipinski definition) is 12. The Balaban J connectivity index is 0.727. The molecule has 0 bridgehead atoms. The summed E-state index contributed by atoms with van der Waals surface area (Å²) < 4.78 is 7.55. The van der Waals surface area contributed by atoms with E-state index in [0.717, 1.165) is 63.5 Å². The highest BCUT2D eigenvalue weighted by atomic mass is 32.2. The summed E-state index contributed by atoms with van der Waals surface area (Å²) in [7, 11) is 0. The fourth-order valence-corrected chi connectivity index (χ4v) is 10.6. The molecule has 5 aromatic rings. The maximum absolute atomic E-state index is 13.2. The predicted molar refractivity (Wildman–Crippen MR) is 278 cm³/mol. The number of urea groups is 1. The maximum Gasteiger partial charge on any atom is 0.315 e. The Morgan fingerprint density at radius 3 is 2.07 bits per heavy atom. The number of oxazole rings is 1. The van der Waals surface area contributed by atoms with Gasteiger partial charge in [-0.1, -0.05) is 86.9 Å². The van der Waals surface area contributed by atoms with Gasteiger partial charge in [0.05, 0.1) is 17.8 Å². The van der Waals surface area contributed by atoms with Gasteiger partial charge in [0.25, 0.3) is 11.1 Å². The highest BCUT2D eigenvalue weighted by Gasteiger charge is 2.42. The van der Waals surface area contributed by atoms with Gasteiger partial charge in [0.15, 0.2) is 12.2 Å².